The second-order valence-electron chi connectivity index (χ2n) is 11.4. The molecule has 0 radical (unpaired) electrons. The number of hydrogen-bond acceptors (Lipinski definition) is 1. The minimum atomic E-state index is 0.983. The summed E-state index contributed by atoms with van der Waals surface area (Å²) in [5.74, 6) is 0. The SMILES string of the molecule is c1ccc(-c2ccc(N(c3ccc(-c4ccccc4)cc3)c3ccc(-c4cccc5c4Cc4ccccc4-5)cc3)cc2)cc1. The van der Waals surface area contributed by atoms with Crippen molar-refractivity contribution in [1.82, 2.24) is 0 Å². The van der Waals surface area contributed by atoms with E-state index in [-0.39, 0.29) is 0 Å². The van der Waals surface area contributed by atoms with E-state index in [4.69, 9.17) is 0 Å². The highest BCUT2D eigenvalue weighted by atomic mass is 15.1. The maximum Gasteiger partial charge on any atom is 0.0462 e. The summed E-state index contributed by atoms with van der Waals surface area (Å²) in [5.41, 5.74) is 16.4. The van der Waals surface area contributed by atoms with Crippen LogP contribution in [0.4, 0.5) is 17.1 Å². The number of rotatable bonds is 6. The summed E-state index contributed by atoms with van der Waals surface area (Å²) in [6.45, 7) is 0. The van der Waals surface area contributed by atoms with E-state index in [1.807, 2.05) is 0 Å². The Morgan fingerprint density at radius 3 is 1.25 bits per heavy atom. The van der Waals surface area contributed by atoms with Crippen LogP contribution < -0.4 is 4.90 Å². The minimum Gasteiger partial charge on any atom is -0.311 e. The Bertz CT molecular complexity index is 1960. The quantitative estimate of drug-likeness (QED) is 0.195. The first-order valence-corrected chi connectivity index (χ1v) is 15.2. The van der Waals surface area contributed by atoms with Gasteiger partial charge in [-0.1, -0.05) is 140 Å². The summed E-state index contributed by atoms with van der Waals surface area (Å²) in [7, 11) is 0. The summed E-state index contributed by atoms with van der Waals surface area (Å²) in [4.78, 5) is 2.35. The third-order valence-corrected chi connectivity index (χ3v) is 8.75. The van der Waals surface area contributed by atoms with Gasteiger partial charge in [0.1, 0.15) is 0 Å². The lowest BCUT2D eigenvalue weighted by Crippen LogP contribution is -2.09. The van der Waals surface area contributed by atoms with E-state index in [0.717, 1.165) is 23.5 Å². The van der Waals surface area contributed by atoms with Crippen molar-refractivity contribution in [2.75, 3.05) is 4.90 Å². The van der Waals surface area contributed by atoms with Crippen molar-refractivity contribution in [3.63, 3.8) is 0 Å². The van der Waals surface area contributed by atoms with E-state index in [0.29, 0.717) is 0 Å². The van der Waals surface area contributed by atoms with Crippen molar-refractivity contribution >= 4 is 17.1 Å². The number of hydrogen-bond donors (Lipinski definition) is 0. The van der Waals surface area contributed by atoms with Crippen LogP contribution in [0.3, 0.4) is 0 Å². The number of benzene rings is 7. The first-order valence-electron chi connectivity index (χ1n) is 15.2. The average Bonchev–Trinajstić information content (AvgIpc) is 3.49. The first-order chi connectivity index (χ1) is 21.8. The molecule has 1 aliphatic rings. The molecule has 7 aromatic carbocycles. The maximum atomic E-state index is 2.35. The highest BCUT2D eigenvalue weighted by Gasteiger charge is 2.21. The van der Waals surface area contributed by atoms with Crippen LogP contribution in [0.25, 0.3) is 44.5 Å². The molecule has 1 nitrogen and oxygen atoms in total. The van der Waals surface area contributed by atoms with Crippen molar-refractivity contribution in [3.05, 3.63) is 187 Å². The van der Waals surface area contributed by atoms with E-state index in [1.165, 1.54) is 55.6 Å². The molecule has 0 fully saturated rings. The molecule has 0 aliphatic heterocycles. The molecule has 0 amide bonds. The van der Waals surface area contributed by atoms with Gasteiger partial charge in [0.2, 0.25) is 0 Å². The van der Waals surface area contributed by atoms with Gasteiger partial charge in [0, 0.05) is 17.1 Å². The molecule has 1 heteroatoms. The van der Waals surface area contributed by atoms with Crippen molar-refractivity contribution in [3.8, 4) is 44.5 Å². The molecular weight excluding hydrogens is 530 g/mol. The van der Waals surface area contributed by atoms with Gasteiger partial charge in [-0.3, -0.25) is 0 Å². The molecule has 7 aromatic rings. The molecule has 0 spiro atoms. The van der Waals surface area contributed by atoms with Crippen molar-refractivity contribution in [2.24, 2.45) is 0 Å². The molecule has 0 saturated heterocycles. The third-order valence-electron chi connectivity index (χ3n) is 8.75. The molecular formula is C43H31N. The van der Waals surface area contributed by atoms with Crippen LogP contribution in [0.5, 0.6) is 0 Å². The largest absolute Gasteiger partial charge is 0.311 e. The molecule has 0 saturated carbocycles. The van der Waals surface area contributed by atoms with Gasteiger partial charge in [-0.15, -0.1) is 0 Å². The Balaban J connectivity index is 1.17. The summed E-state index contributed by atoms with van der Waals surface area (Å²) in [6.07, 6.45) is 0.983. The smallest absolute Gasteiger partial charge is 0.0462 e. The van der Waals surface area contributed by atoms with Crippen LogP contribution in [0, 0.1) is 0 Å². The fourth-order valence-corrected chi connectivity index (χ4v) is 6.53. The monoisotopic (exact) mass is 561 g/mol. The Labute approximate surface area is 259 Å². The number of anilines is 3. The number of nitrogens with zero attached hydrogens (tertiary/aromatic N) is 1. The van der Waals surface area contributed by atoms with Crippen molar-refractivity contribution in [1.29, 1.82) is 0 Å². The molecule has 0 unspecified atom stereocenters. The fraction of sp³-hybridized carbons (Fsp3) is 0.0233. The Morgan fingerprint density at radius 1 is 0.295 bits per heavy atom. The van der Waals surface area contributed by atoms with Gasteiger partial charge >= 0.3 is 0 Å². The molecule has 0 aromatic heterocycles. The molecule has 0 heterocycles. The molecule has 0 N–H and O–H groups in total. The first kappa shape index (κ1) is 26.0. The van der Waals surface area contributed by atoms with Gasteiger partial charge in [-0.05, 0) is 98.5 Å². The topological polar surface area (TPSA) is 3.24 Å². The van der Waals surface area contributed by atoms with E-state index in [2.05, 4.69) is 181 Å². The standard InChI is InChI=1S/C43H31N/c1-3-10-31(11-4-1)33-18-24-37(25-19-33)44(38-26-20-34(21-27-38)32-12-5-2-6-13-32)39-28-22-35(23-29-39)40-16-9-17-42-41-15-8-7-14-36(41)30-43(40)42/h1-29H,30H2. The fourth-order valence-electron chi connectivity index (χ4n) is 6.53. The van der Waals surface area contributed by atoms with Gasteiger partial charge in [-0.25, -0.2) is 0 Å². The summed E-state index contributed by atoms with van der Waals surface area (Å²) >= 11 is 0. The molecule has 44 heavy (non-hydrogen) atoms. The van der Waals surface area contributed by atoms with Crippen LogP contribution in [0.1, 0.15) is 11.1 Å². The van der Waals surface area contributed by atoms with Crippen LogP contribution in [0.15, 0.2) is 176 Å². The van der Waals surface area contributed by atoms with E-state index in [1.54, 1.807) is 0 Å². The Morgan fingerprint density at radius 2 is 0.705 bits per heavy atom. The maximum absolute atomic E-state index is 2.35. The third kappa shape index (κ3) is 4.79. The zero-order valence-electron chi connectivity index (χ0n) is 24.4. The second-order valence-corrected chi connectivity index (χ2v) is 11.4. The normalized spacial score (nSPS) is 11.5. The number of fused-ring (bicyclic) bond motifs is 3. The molecule has 8 rings (SSSR count). The van der Waals surface area contributed by atoms with Gasteiger partial charge in [0.05, 0.1) is 0 Å². The Hall–Kier alpha value is -5.66. The van der Waals surface area contributed by atoms with Crippen molar-refractivity contribution < 1.29 is 0 Å². The summed E-state index contributed by atoms with van der Waals surface area (Å²) < 4.78 is 0. The summed E-state index contributed by atoms with van der Waals surface area (Å²) in [6, 6.07) is 63.5. The van der Waals surface area contributed by atoms with Crippen LogP contribution in [-0.4, -0.2) is 0 Å². The van der Waals surface area contributed by atoms with Gasteiger partial charge in [0.25, 0.3) is 0 Å². The van der Waals surface area contributed by atoms with Gasteiger partial charge in [-0.2, -0.15) is 0 Å². The molecule has 208 valence electrons. The minimum absolute atomic E-state index is 0.983. The lowest BCUT2D eigenvalue weighted by atomic mass is 9.95. The molecule has 0 bridgehead atoms. The van der Waals surface area contributed by atoms with E-state index < -0.39 is 0 Å². The highest BCUT2D eigenvalue weighted by Crippen LogP contribution is 2.43. The van der Waals surface area contributed by atoms with Crippen LogP contribution >= 0.6 is 0 Å². The lowest BCUT2D eigenvalue weighted by Gasteiger charge is -2.26. The lowest BCUT2D eigenvalue weighted by molar-refractivity contribution is 1.26. The second kappa shape index (κ2) is 11.2. The summed E-state index contributed by atoms with van der Waals surface area (Å²) in [5, 5.41) is 0. The average molecular weight is 562 g/mol. The van der Waals surface area contributed by atoms with E-state index >= 15 is 0 Å². The predicted molar refractivity (Wildman–Crippen MR) is 186 cm³/mol. The highest BCUT2D eigenvalue weighted by molar-refractivity contribution is 5.86. The predicted octanol–water partition coefficient (Wildman–Crippen LogP) is 11.7. The molecule has 0 atom stereocenters. The van der Waals surface area contributed by atoms with Gasteiger partial charge < -0.3 is 4.90 Å². The van der Waals surface area contributed by atoms with E-state index in [9.17, 15) is 0 Å². The Kier molecular flexibility index (Phi) is 6.62. The zero-order valence-corrected chi connectivity index (χ0v) is 24.4. The van der Waals surface area contributed by atoms with Crippen LogP contribution in [-0.2, 0) is 6.42 Å². The van der Waals surface area contributed by atoms with Crippen molar-refractivity contribution in [2.45, 2.75) is 6.42 Å². The molecule has 1 aliphatic carbocycles. The zero-order chi connectivity index (χ0) is 29.3. The van der Waals surface area contributed by atoms with Gasteiger partial charge in [0.15, 0.2) is 0 Å². The van der Waals surface area contributed by atoms with Crippen LogP contribution in [0.2, 0.25) is 0 Å².